The Morgan fingerprint density at radius 1 is 1.31 bits per heavy atom. The van der Waals surface area contributed by atoms with E-state index in [2.05, 4.69) is 16.8 Å². The maximum Gasteiger partial charge on any atom is 0.337 e. The number of hydrogen-bond acceptors (Lipinski definition) is 6. The van der Waals surface area contributed by atoms with Crippen LogP contribution in [-0.4, -0.2) is 66.3 Å². The third-order valence-electron chi connectivity index (χ3n) is 4.68. The number of sulfonamides is 1. The molecule has 1 saturated heterocycles. The Hall–Kier alpha value is -1.86. The van der Waals surface area contributed by atoms with Crippen LogP contribution in [0.25, 0.3) is 0 Å². The van der Waals surface area contributed by atoms with Crippen molar-refractivity contribution in [3.8, 4) is 11.8 Å². The summed E-state index contributed by atoms with van der Waals surface area (Å²) >= 11 is 5.84. The lowest BCUT2D eigenvalue weighted by Gasteiger charge is -2.35. The van der Waals surface area contributed by atoms with E-state index in [1.54, 1.807) is 12.1 Å². The molecule has 0 spiro atoms. The molecule has 1 aliphatic heterocycles. The number of hydrogen-bond donors (Lipinski definition) is 2. The molecule has 0 aromatic carbocycles. The average Bonchev–Trinajstić information content (AvgIpc) is 2.68. The minimum Gasteiger partial charge on any atom is -0.479 e. The average molecular weight is 443 g/mol. The number of rotatable bonds is 8. The van der Waals surface area contributed by atoms with Crippen LogP contribution >= 0.6 is 11.6 Å². The number of nitrogens with two attached hydrogens (primary N) is 1. The molecule has 160 valence electrons. The Labute approximate surface area is 177 Å². The van der Waals surface area contributed by atoms with Crippen molar-refractivity contribution in [2.75, 3.05) is 36.8 Å². The van der Waals surface area contributed by atoms with Gasteiger partial charge in [0.2, 0.25) is 10.0 Å². The predicted octanol–water partition coefficient (Wildman–Crippen LogP) is 1.55. The van der Waals surface area contributed by atoms with E-state index in [4.69, 9.17) is 17.3 Å². The summed E-state index contributed by atoms with van der Waals surface area (Å²) in [6.07, 6.45) is 4.85. The molecule has 10 heteroatoms. The number of pyridine rings is 1. The van der Waals surface area contributed by atoms with Gasteiger partial charge in [0.15, 0.2) is 5.54 Å². The summed E-state index contributed by atoms with van der Waals surface area (Å²) in [6.45, 7) is 3.34. The van der Waals surface area contributed by atoms with Crippen molar-refractivity contribution in [1.82, 2.24) is 9.29 Å². The second-order valence-corrected chi connectivity index (χ2v) is 9.42. The Bertz CT molecular complexity index is 858. The van der Waals surface area contributed by atoms with Crippen LogP contribution in [-0.2, 0) is 14.8 Å². The lowest BCUT2D eigenvalue weighted by atomic mass is 10.0. The largest absolute Gasteiger partial charge is 0.479 e. The van der Waals surface area contributed by atoms with E-state index < -0.39 is 27.3 Å². The summed E-state index contributed by atoms with van der Waals surface area (Å²) in [7, 11) is -3.89. The fraction of sp³-hybridized carbons (Fsp3) is 0.579. The van der Waals surface area contributed by atoms with E-state index in [0.717, 1.165) is 19.3 Å². The fourth-order valence-corrected chi connectivity index (χ4v) is 4.75. The van der Waals surface area contributed by atoms with Gasteiger partial charge < -0.3 is 15.7 Å². The minimum absolute atomic E-state index is 0.215. The van der Waals surface area contributed by atoms with Crippen molar-refractivity contribution in [3.63, 3.8) is 0 Å². The zero-order valence-electron chi connectivity index (χ0n) is 16.5. The highest BCUT2D eigenvalue weighted by molar-refractivity contribution is 7.89. The fourth-order valence-electron chi connectivity index (χ4n) is 2.96. The number of aromatic nitrogens is 1. The van der Waals surface area contributed by atoms with E-state index in [9.17, 15) is 18.3 Å². The van der Waals surface area contributed by atoms with Crippen LogP contribution in [0.1, 0.15) is 32.6 Å². The number of carboxylic acid groups (broad SMARTS) is 1. The van der Waals surface area contributed by atoms with E-state index in [1.165, 1.54) is 10.5 Å². The van der Waals surface area contributed by atoms with Crippen LogP contribution in [0.2, 0.25) is 5.02 Å². The molecule has 1 atom stereocenters. The molecular formula is C19H27ClN4O4S. The molecule has 2 heterocycles. The Morgan fingerprint density at radius 3 is 2.55 bits per heavy atom. The van der Waals surface area contributed by atoms with Crippen molar-refractivity contribution >= 4 is 33.4 Å². The summed E-state index contributed by atoms with van der Waals surface area (Å²) in [6, 6.07) is 3.50. The Morgan fingerprint density at radius 2 is 2.00 bits per heavy atom. The topological polar surface area (TPSA) is 117 Å². The first-order valence-electron chi connectivity index (χ1n) is 9.54. The Balaban J connectivity index is 2.02. The third-order valence-corrected chi connectivity index (χ3v) is 6.87. The SMILES string of the molecule is CCCCCC#CC(N)(CS(=O)(=O)N1CCN(c2ccc(Cl)cn2)CC1)C(=O)O. The molecule has 1 unspecified atom stereocenters. The highest BCUT2D eigenvalue weighted by Crippen LogP contribution is 2.19. The maximum atomic E-state index is 12.8. The highest BCUT2D eigenvalue weighted by atomic mass is 35.5. The molecular weight excluding hydrogens is 416 g/mol. The van der Waals surface area contributed by atoms with Gasteiger partial charge in [-0.2, -0.15) is 4.31 Å². The first-order chi connectivity index (χ1) is 13.7. The van der Waals surface area contributed by atoms with Crippen molar-refractivity contribution < 1.29 is 18.3 Å². The molecule has 3 N–H and O–H groups in total. The molecule has 8 nitrogen and oxygen atoms in total. The lowest BCUT2D eigenvalue weighted by molar-refractivity contribution is -0.140. The molecule has 2 rings (SSSR count). The van der Waals surface area contributed by atoms with Crippen LogP contribution in [0.3, 0.4) is 0 Å². The van der Waals surface area contributed by atoms with E-state index in [1.807, 2.05) is 11.8 Å². The zero-order chi connectivity index (χ0) is 21.5. The minimum atomic E-state index is -3.89. The third kappa shape index (κ3) is 6.57. The number of carboxylic acids is 1. The van der Waals surface area contributed by atoms with Gasteiger partial charge in [0.25, 0.3) is 0 Å². The molecule has 1 aliphatic rings. The predicted molar refractivity (Wildman–Crippen MR) is 113 cm³/mol. The van der Waals surface area contributed by atoms with Gasteiger partial charge in [0.1, 0.15) is 11.6 Å². The van der Waals surface area contributed by atoms with Crippen LogP contribution in [0, 0.1) is 11.8 Å². The number of halogens is 1. The molecule has 0 saturated carbocycles. The monoisotopic (exact) mass is 442 g/mol. The van der Waals surface area contributed by atoms with Gasteiger partial charge in [-0.3, -0.25) is 0 Å². The molecule has 1 aromatic heterocycles. The summed E-state index contributed by atoms with van der Waals surface area (Å²) in [5, 5.41) is 10.00. The maximum absolute atomic E-state index is 12.8. The number of unbranched alkanes of at least 4 members (excludes halogenated alkanes) is 3. The van der Waals surface area contributed by atoms with Crippen molar-refractivity contribution in [1.29, 1.82) is 0 Å². The van der Waals surface area contributed by atoms with E-state index in [-0.39, 0.29) is 13.1 Å². The van der Waals surface area contributed by atoms with Gasteiger partial charge in [-0.05, 0) is 18.6 Å². The molecule has 29 heavy (non-hydrogen) atoms. The van der Waals surface area contributed by atoms with Crippen molar-refractivity contribution in [3.05, 3.63) is 23.4 Å². The molecule has 1 fully saturated rings. The number of anilines is 1. The molecule has 0 aliphatic carbocycles. The second-order valence-electron chi connectivity index (χ2n) is 7.01. The quantitative estimate of drug-likeness (QED) is 0.463. The van der Waals surface area contributed by atoms with E-state index >= 15 is 0 Å². The smallest absolute Gasteiger partial charge is 0.337 e. The zero-order valence-corrected chi connectivity index (χ0v) is 18.0. The van der Waals surface area contributed by atoms with Crippen LogP contribution < -0.4 is 10.6 Å². The second kappa shape index (κ2) is 10.3. The number of aliphatic carboxylic acids is 1. The number of piperazine rings is 1. The van der Waals surface area contributed by atoms with Crippen LogP contribution in [0.4, 0.5) is 5.82 Å². The molecule has 1 aromatic rings. The van der Waals surface area contributed by atoms with Gasteiger partial charge in [0.05, 0.1) is 5.02 Å². The van der Waals surface area contributed by atoms with Crippen molar-refractivity contribution in [2.45, 2.75) is 38.1 Å². The van der Waals surface area contributed by atoms with Crippen LogP contribution in [0.5, 0.6) is 0 Å². The summed E-state index contributed by atoms with van der Waals surface area (Å²) in [4.78, 5) is 17.8. The molecule has 0 radical (unpaired) electrons. The summed E-state index contributed by atoms with van der Waals surface area (Å²) < 4.78 is 26.9. The van der Waals surface area contributed by atoms with Gasteiger partial charge in [-0.15, -0.1) is 5.92 Å². The number of nitrogens with zero attached hydrogens (tertiary/aromatic N) is 3. The van der Waals surface area contributed by atoms with Gasteiger partial charge in [-0.25, -0.2) is 18.2 Å². The summed E-state index contributed by atoms with van der Waals surface area (Å²) in [5.41, 5.74) is 3.74. The Kier molecular flexibility index (Phi) is 8.28. The molecule has 0 bridgehead atoms. The molecule has 0 amide bonds. The van der Waals surface area contributed by atoms with E-state index in [0.29, 0.717) is 30.4 Å². The van der Waals surface area contributed by atoms with Gasteiger partial charge in [0, 0.05) is 38.8 Å². The highest BCUT2D eigenvalue weighted by Gasteiger charge is 2.40. The lowest BCUT2D eigenvalue weighted by Crippen LogP contribution is -2.57. The van der Waals surface area contributed by atoms with Gasteiger partial charge >= 0.3 is 5.97 Å². The summed E-state index contributed by atoms with van der Waals surface area (Å²) in [5.74, 6) is 3.73. The normalized spacial score (nSPS) is 17.3. The standard InChI is InChI=1S/C19H27ClN4O4S/c1-2-3-4-5-6-9-19(21,18(25)26)15-29(27,28)24-12-10-23(11-13-24)17-8-7-16(20)14-22-17/h7-8,14H,2-5,10-13,15,21H2,1H3,(H,25,26). The number of carbonyl (C=O) groups is 1. The first kappa shape index (κ1) is 23.4. The first-order valence-corrected chi connectivity index (χ1v) is 11.5. The van der Waals surface area contributed by atoms with Crippen molar-refractivity contribution in [2.24, 2.45) is 5.73 Å². The van der Waals surface area contributed by atoms with Crippen LogP contribution in [0.15, 0.2) is 18.3 Å². The van der Waals surface area contributed by atoms with Gasteiger partial charge in [-0.1, -0.05) is 37.3 Å².